The van der Waals surface area contributed by atoms with Crippen molar-refractivity contribution >= 4 is 17.3 Å². The molecule has 0 amide bonds. The maximum atomic E-state index is 13.3. The van der Waals surface area contributed by atoms with Crippen LogP contribution in [0.2, 0.25) is 0 Å². The Kier molecular flexibility index (Phi) is 2.48. The van der Waals surface area contributed by atoms with Crippen LogP contribution < -0.4 is 10.1 Å². The maximum absolute atomic E-state index is 13.3. The van der Waals surface area contributed by atoms with Crippen LogP contribution in [0.5, 0.6) is 5.75 Å². The number of rotatable bonds is 1. The Morgan fingerprint density at radius 3 is 3.11 bits per heavy atom. The Hall–Kier alpha value is -1.36. The number of benzene rings is 1. The minimum atomic E-state index is -0.438. The fraction of sp³-hybridized carbons (Fsp3) is 0.462. The molecule has 1 aromatic carbocycles. The lowest BCUT2D eigenvalue weighted by atomic mass is 9.90. The summed E-state index contributed by atoms with van der Waals surface area (Å²) in [6.07, 6.45) is 0.761. The Labute approximate surface area is 111 Å². The third-order valence-electron chi connectivity index (χ3n) is 3.69. The van der Waals surface area contributed by atoms with E-state index in [1.165, 1.54) is 12.1 Å². The van der Waals surface area contributed by atoms with Crippen LogP contribution in [0.25, 0.3) is 0 Å². The number of halogens is 1. The molecule has 2 atom stereocenters. The van der Waals surface area contributed by atoms with Crippen molar-refractivity contribution in [2.75, 3.05) is 6.54 Å². The van der Waals surface area contributed by atoms with Crippen LogP contribution in [0.4, 0.5) is 4.39 Å². The first-order valence-corrected chi connectivity index (χ1v) is 6.51. The lowest BCUT2D eigenvalue weighted by Gasteiger charge is -2.52. The summed E-state index contributed by atoms with van der Waals surface area (Å²) >= 11 is 5.36. The first-order valence-electron chi connectivity index (χ1n) is 6.10. The summed E-state index contributed by atoms with van der Waals surface area (Å²) in [6, 6.07) is 4.68. The van der Waals surface area contributed by atoms with Crippen molar-refractivity contribution in [3.63, 3.8) is 0 Å². The van der Waals surface area contributed by atoms with Gasteiger partial charge in [0.2, 0.25) is 0 Å². The zero-order chi connectivity index (χ0) is 12.9. The standard InChI is InChI=1S/C13H15FN2OS/c1-3-16-12(18)15-10-7-13(16,2)17-11-5-4-8(14)6-9(10)11/h4-6,10H,3,7H2,1-2H3,(H,15,18)/t10-,13+/m0/s1. The second kappa shape index (κ2) is 3.82. The van der Waals surface area contributed by atoms with Gasteiger partial charge >= 0.3 is 0 Å². The van der Waals surface area contributed by atoms with Crippen molar-refractivity contribution < 1.29 is 9.13 Å². The van der Waals surface area contributed by atoms with Crippen LogP contribution in [0.1, 0.15) is 31.9 Å². The molecule has 2 bridgehead atoms. The van der Waals surface area contributed by atoms with Gasteiger partial charge in [0.1, 0.15) is 11.6 Å². The van der Waals surface area contributed by atoms with Gasteiger partial charge in [-0.25, -0.2) is 4.39 Å². The van der Waals surface area contributed by atoms with Gasteiger partial charge in [0.05, 0.1) is 6.04 Å². The highest BCUT2D eigenvalue weighted by Crippen LogP contribution is 2.43. The lowest BCUT2D eigenvalue weighted by Crippen LogP contribution is -2.64. The minimum absolute atomic E-state index is 0.0322. The van der Waals surface area contributed by atoms with Gasteiger partial charge < -0.3 is 15.0 Å². The molecule has 2 aliphatic rings. The van der Waals surface area contributed by atoms with Gasteiger partial charge in [0, 0.05) is 18.5 Å². The molecule has 0 radical (unpaired) electrons. The van der Waals surface area contributed by atoms with E-state index in [1.807, 2.05) is 18.7 Å². The van der Waals surface area contributed by atoms with E-state index in [0.29, 0.717) is 5.11 Å². The highest BCUT2D eigenvalue weighted by molar-refractivity contribution is 7.80. The molecule has 18 heavy (non-hydrogen) atoms. The first-order chi connectivity index (χ1) is 8.53. The molecular formula is C13H15FN2OS. The van der Waals surface area contributed by atoms with Crippen molar-refractivity contribution in [1.29, 1.82) is 0 Å². The van der Waals surface area contributed by atoms with Crippen molar-refractivity contribution in [3.05, 3.63) is 29.6 Å². The van der Waals surface area contributed by atoms with E-state index in [2.05, 4.69) is 5.32 Å². The van der Waals surface area contributed by atoms with Crippen LogP contribution in [-0.4, -0.2) is 22.3 Å². The summed E-state index contributed by atoms with van der Waals surface area (Å²) in [7, 11) is 0. The summed E-state index contributed by atoms with van der Waals surface area (Å²) in [4.78, 5) is 2.03. The Bertz CT molecular complexity index is 522. The predicted octanol–water partition coefficient (Wildman–Crippen LogP) is 2.58. The molecule has 0 unspecified atom stereocenters. The van der Waals surface area contributed by atoms with E-state index in [1.54, 1.807) is 6.07 Å². The maximum Gasteiger partial charge on any atom is 0.184 e. The van der Waals surface area contributed by atoms with Gasteiger partial charge in [-0.05, 0) is 44.3 Å². The average molecular weight is 266 g/mol. The van der Waals surface area contributed by atoms with Crippen LogP contribution in [0, 0.1) is 5.82 Å². The van der Waals surface area contributed by atoms with E-state index in [4.69, 9.17) is 17.0 Å². The second-order valence-electron chi connectivity index (χ2n) is 4.91. The van der Waals surface area contributed by atoms with Crippen molar-refractivity contribution in [2.24, 2.45) is 0 Å². The molecule has 1 aromatic rings. The van der Waals surface area contributed by atoms with Gasteiger partial charge in [-0.1, -0.05) is 0 Å². The molecule has 0 aliphatic carbocycles. The van der Waals surface area contributed by atoms with Crippen LogP contribution in [0.15, 0.2) is 18.2 Å². The van der Waals surface area contributed by atoms with Gasteiger partial charge in [-0.2, -0.15) is 0 Å². The third-order valence-corrected chi connectivity index (χ3v) is 4.03. The summed E-state index contributed by atoms with van der Waals surface area (Å²) < 4.78 is 19.4. The molecule has 1 saturated heterocycles. The predicted molar refractivity (Wildman–Crippen MR) is 70.9 cm³/mol. The number of nitrogens with one attached hydrogen (secondary N) is 1. The van der Waals surface area contributed by atoms with E-state index in [0.717, 1.165) is 24.3 Å². The van der Waals surface area contributed by atoms with Crippen molar-refractivity contribution in [1.82, 2.24) is 10.2 Å². The Balaban J connectivity index is 2.08. The molecule has 0 saturated carbocycles. The zero-order valence-electron chi connectivity index (χ0n) is 10.4. The second-order valence-corrected chi connectivity index (χ2v) is 5.30. The number of nitrogens with zero attached hydrogens (tertiary/aromatic N) is 1. The summed E-state index contributed by atoms with van der Waals surface area (Å²) in [5, 5.41) is 3.94. The van der Waals surface area contributed by atoms with Gasteiger partial charge in [0.15, 0.2) is 10.8 Å². The molecule has 5 heteroatoms. The van der Waals surface area contributed by atoms with Crippen LogP contribution in [-0.2, 0) is 0 Å². The number of ether oxygens (including phenoxy) is 1. The number of hydrogen-bond donors (Lipinski definition) is 1. The Morgan fingerprint density at radius 1 is 1.61 bits per heavy atom. The van der Waals surface area contributed by atoms with Crippen molar-refractivity contribution in [3.8, 4) is 5.75 Å². The SMILES string of the molecule is CCN1C(=S)N[C@H]2C[C@@]1(C)Oc1ccc(F)cc12. The normalized spacial score (nSPS) is 29.4. The largest absolute Gasteiger partial charge is 0.468 e. The molecule has 2 heterocycles. The number of hydrogen-bond acceptors (Lipinski definition) is 2. The van der Waals surface area contributed by atoms with E-state index in [-0.39, 0.29) is 11.9 Å². The zero-order valence-corrected chi connectivity index (χ0v) is 11.2. The lowest BCUT2D eigenvalue weighted by molar-refractivity contribution is -0.0659. The molecule has 3 nitrogen and oxygen atoms in total. The number of thiocarbonyl (C=S) groups is 1. The highest BCUT2D eigenvalue weighted by Gasteiger charge is 2.46. The third kappa shape index (κ3) is 1.57. The molecule has 96 valence electrons. The van der Waals surface area contributed by atoms with Crippen molar-refractivity contribution in [2.45, 2.75) is 32.0 Å². The van der Waals surface area contributed by atoms with E-state index in [9.17, 15) is 4.39 Å². The quantitative estimate of drug-likeness (QED) is 0.790. The monoisotopic (exact) mass is 266 g/mol. The number of fused-ring (bicyclic) bond motifs is 4. The van der Waals surface area contributed by atoms with Crippen LogP contribution in [0.3, 0.4) is 0 Å². The topological polar surface area (TPSA) is 24.5 Å². The van der Waals surface area contributed by atoms with Gasteiger partial charge in [-0.3, -0.25) is 0 Å². The molecule has 1 fully saturated rings. The molecule has 0 spiro atoms. The minimum Gasteiger partial charge on any atom is -0.468 e. The highest BCUT2D eigenvalue weighted by atomic mass is 32.1. The molecule has 3 rings (SSSR count). The fourth-order valence-corrected chi connectivity index (χ4v) is 3.33. The molecule has 0 aromatic heterocycles. The van der Waals surface area contributed by atoms with Crippen LogP contribution >= 0.6 is 12.2 Å². The van der Waals surface area contributed by atoms with Gasteiger partial charge in [0.25, 0.3) is 0 Å². The average Bonchev–Trinajstić information content (AvgIpc) is 2.30. The van der Waals surface area contributed by atoms with E-state index < -0.39 is 5.72 Å². The summed E-state index contributed by atoms with van der Waals surface area (Å²) in [5.41, 5.74) is 0.414. The van der Waals surface area contributed by atoms with E-state index >= 15 is 0 Å². The summed E-state index contributed by atoms with van der Waals surface area (Å²) in [5.74, 6) is 0.496. The fourth-order valence-electron chi connectivity index (χ4n) is 2.87. The molecule has 2 aliphatic heterocycles. The smallest absolute Gasteiger partial charge is 0.184 e. The first kappa shape index (κ1) is 11.7. The Morgan fingerprint density at radius 2 is 2.39 bits per heavy atom. The molecular weight excluding hydrogens is 251 g/mol. The summed E-state index contributed by atoms with van der Waals surface area (Å²) in [6.45, 7) is 4.86. The van der Waals surface area contributed by atoms with Gasteiger partial charge in [-0.15, -0.1) is 0 Å². The molecule has 1 N–H and O–H groups in total.